The average molecular weight is 274 g/mol. The molecule has 21 heavy (non-hydrogen) atoms. The van der Waals surface area contributed by atoms with Gasteiger partial charge in [-0.2, -0.15) is 0 Å². The second-order valence-electron chi connectivity index (χ2n) is 5.07. The van der Waals surface area contributed by atoms with Crippen molar-refractivity contribution in [1.29, 1.82) is 0 Å². The van der Waals surface area contributed by atoms with Gasteiger partial charge in [-0.25, -0.2) is 9.97 Å². The van der Waals surface area contributed by atoms with Gasteiger partial charge in [0.15, 0.2) is 0 Å². The van der Waals surface area contributed by atoms with Crippen LogP contribution in [0.4, 0.5) is 0 Å². The summed E-state index contributed by atoms with van der Waals surface area (Å²) in [5.41, 5.74) is 3.94. The average Bonchev–Trinajstić information content (AvgIpc) is 2.82. The summed E-state index contributed by atoms with van der Waals surface area (Å²) in [7, 11) is 0. The molecule has 102 valence electrons. The fraction of sp³-hybridized carbons (Fsp3) is 0.0588. The first-order valence-electron chi connectivity index (χ1n) is 6.87. The minimum atomic E-state index is 0.723. The number of fused-ring (bicyclic) bond motifs is 3. The molecule has 2 heterocycles. The summed E-state index contributed by atoms with van der Waals surface area (Å²) in [5, 5.41) is 1.06. The number of rotatable bonds is 2. The van der Waals surface area contributed by atoms with E-state index in [0.717, 1.165) is 34.2 Å². The van der Waals surface area contributed by atoms with Crippen molar-refractivity contribution in [2.75, 3.05) is 5.84 Å². The molecule has 0 bridgehead atoms. The van der Waals surface area contributed by atoms with E-state index in [1.54, 1.807) is 10.9 Å². The molecule has 0 aliphatic carbocycles. The smallest absolute Gasteiger partial charge is 0.133 e. The van der Waals surface area contributed by atoms with Crippen molar-refractivity contribution in [2.45, 2.75) is 6.42 Å². The van der Waals surface area contributed by atoms with Crippen LogP contribution in [0.2, 0.25) is 0 Å². The molecule has 0 saturated carbocycles. The molecule has 0 unspecified atom stereocenters. The van der Waals surface area contributed by atoms with Crippen LogP contribution in [0.15, 0.2) is 60.8 Å². The highest BCUT2D eigenvalue weighted by Crippen LogP contribution is 2.25. The molecule has 0 amide bonds. The van der Waals surface area contributed by atoms with Crippen molar-refractivity contribution >= 4 is 21.9 Å². The first kappa shape index (κ1) is 11.9. The second-order valence-corrected chi connectivity index (χ2v) is 5.07. The van der Waals surface area contributed by atoms with Crippen LogP contribution in [0.25, 0.3) is 21.9 Å². The number of nitrogens with two attached hydrogens (primary N) is 1. The van der Waals surface area contributed by atoms with Crippen LogP contribution in [0.5, 0.6) is 0 Å². The van der Waals surface area contributed by atoms with Gasteiger partial charge in [-0.1, -0.05) is 48.5 Å². The third-order valence-corrected chi connectivity index (χ3v) is 3.70. The van der Waals surface area contributed by atoms with E-state index < -0.39 is 0 Å². The molecule has 4 aromatic rings. The molecule has 0 atom stereocenters. The summed E-state index contributed by atoms with van der Waals surface area (Å²) in [4.78, 5) is 9.15. The number of benzene rings is 2. The Morgan fingerprint density at radius 2 is 1.67 bits per heavy atom. The molecule has 0 spiro atoms. The van der Waals surface area contributed by atoms with Gasteiger partial charge in [0.1, 0.15) is 16.9 Å². The number of aromatic nitrogens is 3. The Bertz CT molecular complexity index is 925. The monoisotopic (exact) mass is 274 g/mol. The summed E-state index contributed by atoms with van der Waals surface area (Å²) in [6, 6.07) is 18.2. The Hall–Kier alpha value is -2.88. The third kappa shape index (κ3) is 1.92. The van der Waals surface area contributed by atoms with E-state index in [1.165, 1.54) is 5.56 Å². The molecule has 4 heteroatoms. The Balaban J connectivity index is 1.88. The standard InChI is InChI=1S/C17H14N4/c18-21-14-9-5-4-8-13(14)17-15(21)11-19-16(20-17)10-12-6-2-1-3-7-12/h1-9,11H,10,18H2. The zero-order valence-electron chi connectivity index (χ0n) is 11.4. The van der Waals surface area contributed by atoms with Gasteiger partial charge in [-0.3, -0.25) is 4.68 Å². The van der Waals surface area contributed by atoms with Gasteiger partial charge >= 0.3 is 0 Å². The Kier molecular flexibility index (Phi) is 2.60. The number of hydrogen-bond donors (Lipinski definition) is 1. The van der Waals surface area contributed by atoms with Gasteiger partial charge in [0.05, 0.1) is 11.7 Å². The van der Waals surface area contributed by atoms with Crippen LogP contribution in [-0.4, -0.2) is 14.6 Å². The first-order valence-corrected chi connectivity index (χ1v) is 6.87. The normalized spacial score (nSPS) is 11.2. The lowest BCUT2D eigenvalue weighted by atomic mass is 10.1. The Morgan fingerprint density at radius 1 is 0.905 bits per heavy atom. The van der Waals surface area contributed by atoms with Crippen molar-refractivity contribution in [3.8, 4) is 0 Å². The van der Waals surface area contributed by atoms with Crippen molar-refractivity contribution in [2.24, 2.45) is 0 Å². The molecule has 4 rings (SSSR count). The Morgan fingerprint density at radius 3 is 2.52 bits per heavy atom. The lowest BCUT2D eigenvalue weighted by Gasteiger charge is -2.01. The van der Waals surface area contributed by atoms with Crippen LogP contribution in [0.1, 0.15) is 11.4 Å². The largest absolute Gasteiger partial charge is 0.338 e. The SMILES string of the molecule is Nn1c2ccccc2c2nc(Cc3ccccc3)ncc21. The van der Waals surface area contributed by atoms with Crippen molar-refractivity contribution in [3.63, 3.8) is 0 Å². The van der Waals surface area contributed by atoms with Gasteiger partial charge in [-0.15, -0.1) is 0 Å². The van der Waals surface area contributed by atoms with Crippen LogP contribution < -0.4 is 5.84 Å². The first-order chi connectivity index (χ1) is 10.3. The zero-order chi connectivity index (χ0) is 14.2. The fourth-order valence-electron chi connectivity index (χ4n) is 2.66. The van der Waals surface area contributed by atoms with Crippen LogP contribution in [-0.2, 0) is 6.42 Å². The van der Waals surface area contributed by atoms with Gasteiger partial charge in [-0.05, 0) is 11.6 Å². The van der Waals surface area contributed by atoms with E-state index in [4.69, 9.17) is 10.8 Å². The van der Waals surface area contributed by atoms with E-state index in [0.29, 0.717) is 0 Å². The number of para-hydroxylation sites is 1. The van der Waals surface area contributed by atoms with E-state index >= 15 is 0 Å². The molecular formula is C17H14N4. The molecule has 2 aromatic heterocycles. The summed E-state index contributed by atoms with van der Waals surface area (Å²) < 4.78 is 1.65. The van der Waals surface area contributed by atoms with Gasteiger partial charge in [0.2, 0.25) is 0 Å². The quantitative estimate of drug-likeness (QED) is 0.572. The maximum atomic E-state index is 6.11. The van der Waals surface area contributed by atoms with E-state index in [-0.39, 0.29) is 0 Å². The number of hydrogen-bond acceptors (Lipinski definition) is 3. The molecule has 0 radical (unpaired) electrons. The predicted octanol–water partition coefficient (Wildman–Crippen LogP) is 2.89. The number of nitrogens with zero attached hydrogens (tertiary/aromatic N) is 3. The maximum Gasteiger partial charge on any atom is 0.133 e. The maximum absolute atomic E-state index is 6.11. The highest BCUT2D eigenvalue weighted by Gasteiger charge is 2.11. The lowest BCUT2D eigenvalue weighted by Crippen LogP contribution is -2.07. The second kappa shape index (κ2) is 4.59. The summed E-state index contributed by atoms with van der Waals surface area (Å²) >= 11 is 0. The molecular weight excluding hydrogens is 260 g/mol. The highest BCUT2D eigenvalue weighted by atomic mass is 15.3. The summed E-state index contributed by atoms with van der Waals surface area (Å²) in [6.07, 6.45) is 2.53. The van der Waals surface area contributed by atoms with Crippen LogP contribution >= 0.6 is 0 Å². The van der Waals surface area contributed by atoms with Crippen molar-refractivity contribution in [3.05, 3.63) is 72.2 Å². The van der Waals surface area contributed by atoms with E-state index in [2.05, 4.69) is 17.1 Å². The predicted molar refractivity (Wildman–Crippen MR) is 84.4 cm³/mol. The lowest BCUT2D eigenvalue weighted by molar-refractivity contribution is 0.984. The summed E-state index contributed by atoms with van der Waals surface area (Å²) in [6.45, 7) is 0. The molecule has 2 aromatic carbocycles. The van der Waals surface area contributed by atoms with Crippen LogP contribution in [0, 0.1) is 0 Å². The molecule has 0 aliphatic heterocycles. The van der Waals surface area contributed by atoms with Gasteiger partial charge in [0.25, 0.3) is 0 Å². The minimum Gasteiger partial charge on any atom is -0.338 e. The third-order valence-electron chi connectivity index (χ3n) is 3.70. The minimum absolute atomic E-state index is 0.723. The Labute approximate surface area is 121 Å². The van der Waals surface area contributed by atoms with Crippen molar-refractivity contribution in [1.82, 2.24) is 14.6 Å². The molecule has 0 fully saturated rings. The molecule has 4 nitrogen and oxygen atoms in total. The zero-order valence-corrected chi connectivity index (χ0v) is 11.4. The summed E-state index contributed by atoms with van der Waals surface area (Å²) in [5.74, 6) is 6.92. The van der Waals surface area contributed by atoms with Crippen molar-refractivity contribution < 1.29 is 0 Å². The molecule has 0 saturated heterocycles. The highest BCUT2D eigenvalue weighted by molar-refractivity contribution is 6.05. The number of nitrogen functional groups attached to an aromatic ring is 1. The van der Waals surface area contributed by atoms with Gasteiger partial charge < -0.3 is 5.84 Å². The molecule has 2 N–H and O–H groups in total. The topological polar surface area (TPSA) is 56.7 Å². The fourth-order valence-corrected chi connectivity index (χ4v) is 2.66. The van der Waals surface area contributed by atoms with Gasteiger partial charge in [0, 0.05) is 11.8 Å². The van der Waals surface area contributed by atoms with E-state index in [9.17, 15) is 0 Å². The van der Waals surface area contributed by atoms with Crippen LogP contribution in [0.3, 0.4) is 0 Å². The van der Waals surface area contributed by atoms with E-state index in [1.807, 2.05) is 42.5 Å². The molecule has 0 aliphatic rings.